The molecule has 1 heterocycles. The van der Waals surface area contributed by atoms with Crippen molar-refractivity contribution in [1.82, 2.24) is 10.6 Å². The van der Waals surface area contributed by atoms with Crippen molar-refractivity contribution >= 4 is 17.5 Å². The Balaban J connectivity index is 1.96. The smallest absolute Gasteiger partial charge is 0.243 e. The van der Waals surface area contributed by atoms with Crippen molar-refractivity contribution < 1.29 is 9.59 Å². The summed E-state index contributed by atoms with van der Waals surface area (Å²) in [6, 6.07) is 7.39. The van der Waals surface area contributed by atoms with Gasteiger partial charge in [-0.1, -0.05) is 19.1 Å². The molecule has 0 bridgehead atoms. The summed E-state index contributed by atoms with van der Waals surface area (Å²) >= 11 is 0. The van der Waals surface area contributed by atoms with E-state index in [0.29, 0.717) is 6.54 Å². The van der Waals surface area contributed by atoms with Crippen LogP contribution in [0.5, 0.6) is 0 Å². The van der Waals surface area contributed by atoms with E-state index in [0.717, 1.165) is 12.1 Å². The Bertz CT molecular complexity index is 449. The molecule has 1 unspecified atom stereocenters. The Morgan fingerprint density at radius 2 is 2.33 bits per heavy atom. The maximum atomic E-state index is 11.9. The van der Waals surface area contributed by atoms with Gasteiger partial charge in [-0.15, -0.1) is 0 Å². The zero-order valence-electron chi connectivity index (χ0n) is 10.3. The summed E-state index contributed by atoms with van der Waals surface area (Å²) in [7, 11) is 0. The van der Waals surface area contributed by atoms with E-state index in [9.17, 15) is 9.59 Å². The van der Waals surface area contributed by atoms with Crippen LogP contribution in [-0.2, 0) is 16.0 Å². The number of piperazine rings is 1. The first-order valence-corrected chi connectivity index (χ1v) is 6.09. The molecule has 5 heteroatoms. The highest BCUT2D eigenvalue weighted by Crippen LogP contribution is 2.11. The average Bonchev–Trinajstić information content (AvgIpc) is 2.39. The first-order chi connectivity index (χ1) is 8.69. The van der Waals surface area contributed by atoms with E-state index >= 15 is 0 Å². The predicted molar refractivity (Wildman–Crippen MR) is 69.3 cm³/mol. The quantitative estimate of drug-likeness (QED) is 0.718. The number of amides is 2. The van der Waals surface area contributed by atoms with Crippen LogP contribution >= 0.6 is 0 Å². The third kappa shape index (κ3) is 3.07. The maximum Gasteiger partial charge on any atom is 0.243 e. The molecule has 1 aromatic carbocycles. The van der Waals surface area contributed by atoms with Crippen LogP contribution in [0.3, 0.4) is 0 Å². The lowest BCUT2D eigenvalue weighted by Gasteiger charge is -2.23. The van der Waals surface area contributed by atoms with Crippen molar-refractivity contribution in [1.29, 1.82) is 0 Å². The average molecular weight is 247 g/mol. The van der Waals surface area contributed by atoms with Gasteiger partial charge < -0.3 is 10.6 Å². The van der Waals surface area contributed by atoms with Gasteiger partial charge in [-0.2, -0.15) is 0 Å². The number of hydrogen-bond donors (Lipinski definition) is 3. The van der Waals surface area contributed by atoms with Crippen molar-refractivity contribution in [2.45, 2.75) is 19.4 Å². The molecule has 5 nitrogen and oxygen atoms in total. The molecule has 0 aliphatic carbocycles. The molecule has 2 rings (SSSR count). The highest BCUT2D eigenvalue weighted by atomic mass is 16.2. The highest BCUT2D eigenvalue weighted by molar-refractivity contribution is 5.96. The van der Waals surface area contributed by atoms with Crippen LogP contribution in [0.4, 0.5) is 5.69 Å². The maximum absolute atomic E-state index is 11.9. The first-order valence-electron chi connectivity index (χ1n) is 6.09. The van der Waals surface area contributed by atoms with Crippen LogP contribution in [0.1, 0.15) is 12.5 Å². The molecule has 96 valence electrons. The SMILES string of the molecule is CCc1cccc(NC(=O)C2CNC(=O)CN2)c1. The number of nitrogens with one attached hydrogen (secondary N) is 3. The fourth-order valence-electron chi connectivity index (χ4n) is 1.85. The Morgan fingerprint density at radius 1 is 1.50 bits per heavy atom. The zero-order valence-corrected chi connectivity index (χ0v) is 10.3. The summed E-state index contributed by atoms with van der Waals surface area (Å²) in [5.74, 6) is -0.199. The molecule has 0 radical (unpaired) electrons. The summed E-state index contributed by atoms with van der Waals surface area (Å²) in [4.78, 5) is 22.9. The Kier molecular flexibility index (Phi) is 3.94. The second-order valence-corrected chi connectivity index (χ2v) is 4.28. The fourth-order valence-corrected chi connectivity index (χ4v) is 1.85. The largest absolute Gasteiger partial charge is 0.353 e. The van der Waals surface area contributed by atoms with E-state index in [1.807, 2.05) is 24.3 Å². The zero-order chi connectivity index (χ0) is 13.0. The Labute approximate surface area is 106 Å². The number of anilines is 1. The molecule has 0 saturated carbocycles. The first kappa shape index (κ1) is 12.6. The van der Waals surface area contributed by atoms with Gasteiger partial charge in [-0.25, -0.2) is 0 Å². The van der Waals surface area contributed by atoms with E-state index < -0.39 is 0 Å². The van der Waals surface area contributed by atoms with Crippen LogP contribution < -0.4 is 16.0 Å². The summed E-state index contributed by atoms with van der Waals surface area (Å²) < 4.78 is 0. The van der Waals surface area contributed by atoms with Gasteiger partial charge in [-0.05, 0) is 24.1 Å². The van der Waals surface area contributed by atoms with Crippen LogP contribution in [0.2, 0.25) is 0 Å². The van der Waals surface area contributed by atoms with Crippen molar-refractivity contribution in [3.8, 4) is 0 Å². The normalized spacial score (nSPS) is 19.2. The minimum absolute atomic E-state index is 0.0768. The monoisotopic (exact) mass is 247 g/mol. The molecule has 1 fully saturated rings. The number of carbonyl (C=O) groups is 2. The van der Waals surface area contributed by atoms with E-state index in [2.05, 4.69) is 22.9 Å². The van der Waals surface area contributed by atoms with Crippen LogP contribution in [-0.4, -0.2) is 30.9 Å². The van der Waals surface area contributed by atoms with E-state index in [1.165, 1.54) is 5.56 Å². The topological polar surface area (TPSA) is 70.2 Å². The number of benzene rings is 1. The van der Waals surface area contributed by atoms with Gasteiger partial charge in [0.25, 0.3) is 0 Å². The standard InChI is InChI=1S/C13H17N3O2/c1-2-9-4-3-5-10(6-9)16-13(18)11-7-15-12(17)8-14-11/h3-6,11,14H,2,7-8H2,1H3,(H,15,17)(H,16,18). The number of carbonyl (C=O) groups excluding carboxylic acids is 2. The number of rotatable bonds is 3. The van der Waals surface area contributed by atoms with Gasteiger partial charge >= 0.3 is 0 Å². The number of hydrogen-bond acceptors (Lipinski definition) is 3. The summed E-state index contributed by atoms with van der Waals surface area (Å²) in [5.41, 5.74) is 1.97. The van der Waals surface area contributed by atoms with Gasteiger partial charge in [0.1, 0.15) is 6.04 Å². The molecule has 1 aliphatic heterocycles. The third-order valence-electron chi connectivity index (χ3n) is 2.93. The molecule has 1 aromatic rings. The summed E-state index contributed by atoms with van der Waals surface area (Å²) in [6.45, 7) is 2.59. The molecule has 0 aromatic heterocycles. The highest BCUT2D eigenvalue weighted by Gasteiger charge is 2.23. The molecule has 1 atom stereocenters. The molecular formula is C13H17N3O2. The third-order valence-corrected chi connectivity index (χ3v) is 2.93. The van der Waals surface area contributed by atoms with Gasteiger partial charge in [0.2, 0.25) is 11.8 Å². The second-order valence-electron chi connectivity index (χ2n) is 4.28. The van der Waals surface area contributed by atoms with E-state index in [1.54, 1.807) is 0 Å². The minimum atomic E-state index is -0.368. The van der Waals surface area contributed by atoms with Crippen LogP contribution in [0, 0.1) is 0 Å². The molecule has 0 spiro atoms. The van der Waals surface area contributed by atoms with E-state index in [-0.39, 0.29) is 24.4 Å². The van der Waals surface area contributed by atoms with Gasteiger partial charge in [0, 0.05) is 12.2 Å². The minimum Gasteiger partial charge on any atom is -0.353 e. The molecule has 18 heavy (non-hydrogen) atoms. The lowest BCUT2D eigenvalue weighted by atomic mass is 10.1. The van der Waals surface area contributed by atoms with Crippen molar-refractivity contribution in [3.05, 3.63) is 29.8 Å². The van der Waals surface area contributed by atoms with Crippen LogP contribution in [0.25, 0.3) is 0 Å². The Hall–Kier alpha value is -1.88. The van der Waals surface area contributed by atoms with Crippen molar-refractivity contribution in [2.75, 3.05) is 18.4 Å². The molecule has 3 N–H and O–H groups in total. The second kappa shape index (κ2) is 5.64. The molecule has 1 saturated heterocycles. The van der Waals surface area contributed by atoms with E-state index in [4.69, 9.17) is 0 Å². The lowest BCUT2D eigenvalue weighted by molar-refractivity contribution is -0.124. The molecule has 2 amide bonds. The van der Waals surface area contributed by atoms with Gasteiger partial charge in [0.05, 0.1) is 6.54 Å². The van der Waals surface area contributed by atoms with Crippen molar-refractivity contribution in [2.24, 2.45) is 0 Å². The summed E-state index contributed by atoms with van der Waals surface area (Å²) in [6.07, 6.45) is 0.932. The van der Waals surface area contributed by atoms with Gasteiger partial charge in [0.15, 0.2) is 0 Å². The summed E-state index contributed by atoms with van der Waals surface area (Å²) in [5, 5.41) is 8.40. The predicted octanol–water partition coefficient (Wildman–Crippen LogP) is 0.275. The van der Waals surface area contributed by atoms with Gasteiger partial charge in [-0.3, -0.25) is 14.9 Å². The van der Waals surface area contributed by atoms with Crippen molar-refractivity contribution in [3.63, 3.8) is 0 Å². The molecule has 1 aliphatic rings. The Morgan fingerprint density at radius 3 is 3.00 bits per heavy atom. The fraction of sp³-hybridized carbons (Fsp3) is 0.385. The lowest BCUT2D eigenvalue weighted by Crippen LogP contribution is -2.56. The molecular weight excluding hydrogens is 230 g/mol. The number of aryl methyl sites for hydroxylation is 1. The van der Waals surface area contributed by atoms with Crippen LogP contribution in [0.15, 0.2) is 24.3 Å².